The predicted octanol–water partition coefficient (Wildman–Crippen LogP) is 11.5. The molecule has 0 aliphatic carbocycles. The first kappa shape index (κ1) is 36.3. The Balaban J connectivity index is 0.00000448. The van der Waals surface area contributed by atoms with E-state index in [4.69, 9.17) is 14.8 Å². The van der Waals surface area contributed by atoms with Crippen LogP contribution in [-0.4, -0.2) is 19.3 Å². The van der Waals surface area contributed by atoms with Crippen LogP contribution in [0.5, 0.6) is 11.5 Å². The minimum absolute atomic E-state index is 0. The molecular weight excluding hydrogens is 808 g/mol. The summed E-state index contributed by atoms with van der Waals surface area (Å²) in [6, 6.07) is 32.9. The average Bonchev–Trinajstić information content (AvgIpc) is 3.71. The molecule has 6 heteroatoms. The summed E-state index contributed by atoms with van der Waals surface area (Å²) in [5, 5.41) is 7.17. The molecule has 262 valence electrons. The molecule has 0 aliphatic heterocycles. The third-order valence-electron chi connectivity index (χ3n) is 9.41. The van der Waals surface area contributed by atoms with Crippen molar-refractivity contribution in [1.82, 2.24) is 19.3 Å². The minimum atomic E-state index is 0. The smallest absolute Gasteiger partial charge is 0.509 e. The molecule has 0 aliphatic rings. The molecule has 5 nitrogen and oxygen atoms in total. The van der Waals surface area contributed by atoms with E-state index in [1.54, 1.807) is 0 Å². The minimum Gasteiger partial charge on any atom is -0.509 e. The predicted molar refractivity (Wildman–Crippen MR) is 206 cm³/mol. The second-order valence-electron chi connectivity index (χ2n) is 14.0. The van der Waals surface area contributed by atoms with Crippen molar-refractivity contribution in [3.8, 4) is 34.1 Å². The van der Waals surface area contributed by atoms with E-state index < -0.39 is 0 Å². The van der Waals surface area contributed by atoms with Gasteiger partial charge in [-0.05, 0) is 90.6 Å². The summed E-state index contributed by atoms with van der Waals surface area (Å²) in [4.78, 5) is 4.73. The monoisotopic (exact) mass is 853 g/mol. The van der Waals surface area contributed by atoms with Crippen LogP contribution in [0.4, 0.5) is 0 Å². The first-order valence-electron chi connectivity index (χ1n) is 18.1. The molecule has 51 heavy (non-hydrogen) atoms. The Hall–Kier alpha value is -4.47. The van der Waals surface area contributed by atoms with Crippen LogP contribution < -0.4 is 4.74 Å². The maximum absolute atomic E-state index is 6.63. The van der Waals surface area contributed by atoms with E-state index in [-0.39, 0.29) is 21.1 Å². The van der Waals surface area contributed by atoms with Crippen LogP contribution in [0.2, 0.25) is 0 Å². The standard InChI is InChI=1S/C45H46N4O.Pt/c1-7-11-34-21-32(6)22-35(12-8-2)45(34)36-28-47-48(29-36)37-24-33(16-15-30(3)4)25-39(26-37)50-38-17-18-41-40-13-9-10-14-42(40)49(43(41)27-38)44-23-31(5)19-20-46-44;/h9-10,13-14,17-25,28-30H,7-8,11-12,15-16H2,1-6H3;/q-2;+2. The summed E-state index contributed by atoms with van der Waals surface area (Å²) in [5.74, 6) is 2.73. The zero-order chi connectivity index (χ0) is 34.8. The zero-order valence-electron chi connectivity index (χ0n) is 30.5. The third-order valence-corrected chi connectivity index (χ3v) is 9.41. The van der Waals surface area contributed by atoms with E-state index in [0.717, 1.165) is 83.0 Å². The van der Waals surface area contributed by atoms with Gasteiger partial charge < -0.3 is 9.30 Å². The SMILES string of the molecule is CCCc1cc(C)cc(CCC)c1-c1cnn(-c2[c-]c(Oc3[c-]c4c(cc3)c3ccccc3n4-c3cc(C)ccn3)cc(CCC(C)C)c2)c1.[Pt+2]. The number of benzene rings is 4. The number of rotatable bonds is 12. The molecule has 0 amide bonds. The number of para-hydroxylation sites is 1. The van der Waals surface area contributed by atoms with Crippen molar-refractivity contribution in [3.05, 3.63) is 131 Å². The van der Waals surface area contributed by atoms with Gasteiger partial charge in [0.25, 0.3) is 0 Å². The Morgan fingerprint density at radius 2 is 1.55 bits per heavy atom. The fourth-order valence-corrected chi connectivity index (χ4v) is 7.12. The van der Waals surface area contributed by atoms with Crippen molar-refractivity contribution in [1.29, 1.82) is 0 Å². The zero-order valence-corrected chi connectivity index (χ0v) is 32.8. The van der Waals surface area contributed by atoms with Crippen molar-refractivity contribution in [2.75, 3.05) is 0 Å². The summed E-state index contributed by atoms with van der Waals surface area (Å²) in [6.07, 6.45) is 12.4. The van der Waals surface area contributed by atoms with E-state index in [1.807, 2.05) is 29.2 Å². The molecule has 0 fully saturated rings. The molecule has 3 aromatic heterocycles. The van der Waals surface area contributed by atoms with Gasteiger partial charge in [0.15, 0.2) is 0 Å². The number of aromatic nitrogens is 4. The molecule has 3 heterocycles. The molecular formula is C45H46N4OPt. The van der Waals surface area contributed by atoms with E-state index in [9.17, 15) is 0 Å². The van der Waals surface area contributed by atoms with E-state index in [0.29, 0.717) is 17.4 Å². The number of aryl methyl sites for hydroxylation is 5. The second kappa shape index (κ2) is 15.8. The van der Waals surface area contributed by atoms with Gasteiger partial charge in [-0.25, -0.2) is 4.98 Å². The largest absolute Gasteiger partial charge is 2.00 e. The quantitative estimate of drug-likeness (QED) is 0.115. The maximum Gasteiger partial charge on any atom is 2.00 e. The Morgan fingerprint density at radius 3 is 2.27 bits per heavy atom. The molecule has 0 N–H and O–H groups in total. The number of fused-ring (bicyclic) bond motifs is 3. The van der Waals surface area contributed by atoms with Gasteiger partial charge in [0.1, 0.15) is 5.82 Å². The fourth-order valence-electron chi connectivity index (χ4n) is 7.12. The van der Waals surface area contributed by atoms with Crippen molar-refractivity contribution in [2.24, 2.45) is 5.92 Å². The number of nitrogens with zero attached hydrogens (tertiary/aromatic N) is 4. The van der Waals surface area contributed by atoms with Gasteiger partial charge in [0, 0.05) is 35.0 Å². The summed E-state index contributed by atoms with van der Waals surface area (Å²) in [7, 11) is 0. The van der Waals surface area contributed by atoms with Crippen LogP contribution >= 0.6 is 0 Å². The van der Waals surface area contributed by atoms with Crippen LogP contribution in [0.15, 0.2) is 91.4 Å². The van der Waals surface area contributed by atoms with Crippen LogP contribution in [0.1, 0.15) is 74.8 Å². The van der Waals surface area contributed by atoms with Crippen molar-refractivity contribution < 1.29 is 25.8 Å². The molecule has 0 atom stereocenters. The third kappa shape index (κ3) is 7.75. The van der Waals surface area contributed by atoms with Crippen LogP contribution in [-0.2, 0) is 40.3 Å². The van der Waals surface area contributed by atoms with E-state index in [2.05, 4.69) is 125 Å². The summed E-state index contributed by atoms with van der Waals surface area (Å²) >= 11 is 0. The van der Waals surface area contributed by atoms with Crippen LogP contribution in [0.3, 0.4) is 0 Å². The van der Waals surface area contributed by atoms with Gasteiger partial charge in [-0.3, -0.25) is 4.68 Å². The number of ether oxygens (including phenoxy) is 1. The molecule has 7 rings (SSSR count). The summed E-state index contributed by atoms with van der Waals surface area (Å²) in [6.45, 7) is 13.3. The normalized spacial score (nSPS) is 11.4. The molecule has 4 aromatic carbocycles. The number of hydrogen-bond donors (Lipinski definition) is 0. The summed E-state index contributed by atoms with van der Waals surface area (Å²) in [5.41, 5.74) is 11.9. The van der Waals surface area contributed by atoms with Gasteiger partial charge >= 0.3 is 21.1 Å². The number of hydrogen-bond acceptors (Lipinski definition) is 3. The first-order valence-corrected chi connectivity index (χ1v) is 18.1. The Labute approximate surface area is 317 Å². The van der Waals surface area contributed by atoms with Crippen molar-refractivity contribution >= 4 is 21.8 Å². The van der Waals surface area contributed by atoms with Gasteiger partial charge in [0.05, 0.1) is 6.20 Å². The maximum atomic E-state index is 6.63. The fraction of sp³-hybridized carbons (Fsp3) is 0.289. The molecule has 7 aromatic rings. The average molecular weight is 854 g/mol. The van der Waals surface area contributed by atoms with Crippen LogP contribution in [0.25, 0.3) is 44.4 Å². The van der Waals surface area contributed by atoms with Crippen LogP contribution in [0, 0.1) is 31.9 Å². The molecule has 0 spiro atoms. The van der Waals surface area contributed by atoms with Crippen molar-refractivity contribution in [2.45, 2.75) is 80.1 Å². The molecule has 0 unspecified atom stereocenters. The second-order valence-corrected chi connectivity index (χ2v) is 14.0. The first-order chi connectivity index (χ1) is 24.3. The molecule has 0 radical (unpaired) electrons. The van der Waals surface area contributed by atoms with E-state index >= 15 is 0 Å². The Kier molecular flexibility index (Phi) is 11.3. The molecule has 0 saturated heterocycles. The molecule has 0 saturated carbocycles. The number of pyridine rings is 1. The van der Waals surface area contributed by atoms with Gasteiger partial charge in [-0.1, -0.05) is 88.4 Å². The topological polar surface area (TPSA) is 44.9 Å². The van der Waals surface area contributed by atoms with Crippen molar-refractivity contribution in [3.63, 3.8) is 0 Å². The Morgan fingerprint density at radius 1 is 0.784 bits per heavy atom. The van der Waals surface area contributed by atoms with Gasteiger partial charge in [-0.2, -0.15) is 16.7 Å². The summed E-state index contributed by atoms with van der Waals surface area (Å²) < 4.78 is 10.8. The molecule has 0 bridgehead atoms. The van der Waals surface area contributed by atoms with Gasteiger partial charge in [-0.15, -0.1) is 35.7 Å². The Bertz CT molecular complexity index is 2270. The van der Waals surface area contributed by atoms with Gasteiger partial charge in [0.2, 0.25) is 0 Å². The van der Waals surface area contributed by atoms with E-state index in [1.165, 1.54) is 27.8 Å².